The lowest BCUT2D eigenvalue weighted by atomic mass is 10.0. The van der Waals surface area contributed by atoms with Crippen LogP contribution in [0.4, 0.5) is 0 Å². The minimum absolute atomic E-state index is 0.0299. The number of rotatable bonds is 3. The topological polar surface area (TPSA) is 32.3 Å². The molecule has 2 aliphatic heterocycles. The Hall–Kier alpha value is -0.520. The average Bonchev–Trinajstić information content (AvgIpc) is 3.07. The number of carbonyl (C=O) groups excluding carboxylic acids is 1. The number of amides is 1. The molecule has 0 aliphatic carbocycles. The van der Waals surface area contributed by atoms with Gasteiger partial charge in [0.15, 0.2) is 0 Å². The van der Waals surface area contributed by atoms with Gasteiger partial charge in [0.1, 0.15) is 6.17 Å². The van der Waals surface area contributed by atoms with E-state index in [1.54, 1.807) is 11.3 Å². The van der Waals surface area contributed by atoms with Crippen LogP contribution in [-0.2, 0) is 4.79 Å². The maximum absolute atomic E-state index is 12.7. The summed E-state index contributed by atoms with van der Waals surface area (Å²) in [5.41, 5.74) is 0. The van der Waals surface area contributed by atoms with Gasteiger partial charge in [0.2, 0.25) is 5.91 Å². The first kappa shape index (κ1) is 13.5. The van der Waals surface area contributed by atoms with Crippen LogP contribution in [-0.4, -0.2) is 34.4 Å². The van der Waals surface area contributed by atoms with Gasteiger partial charge in [0.25, 0.3) is 0 Å². The fraction of sp³-hybridized carbons (Fsp3) is 0.643. The molecule has 3 unspecified atom stereocenters. The summed E-state index contributed by atoms with van der Waals surface area (Å²) in [6, 6.07) is 4.57. The standard InChI is InChI=1S/C14H20N2OS2/c1-9(2)12-14(17)16(10-5-7-18-8-10)13(15-12)11-4-3-6-19-11/h3-4,6,9-10,12-13,15H,5,7-8H2,1-2H3. The van der Waals surface area contributed by atoms with E-state index in [0.717, 1.165) is 12.2 Å². The second-order valence-corrected chi connectivity index (χ2v) is 7.70. The molecule has 2 saturated heterocycles. The molecule has 104 valence electrons. The largest absolute Gasteiger partial charge is 0.317 e. The van der Waals surface area contributed by atoms with E-state index in [9.17, 15) is 4.79 Å². The second kappa shape index (κ2) is 5.46. The summed E-state index contributed by atoms with van der Waals surface area (Å²) < 4.78 is 0. The third-order valence-corrected chi connectivity index (χ3v) is 5.98. The van der Waals surface area contributed by atoms with E-state index < -0.39 is 0 Å². The summed E-state index contributed by atoms with van der Waals surface area (Å²) in [5, 5.41) is 5.64. The number of hydrogen-bond acceptors (Lipinski definition) is 4. The Balaban J connectivity index is 1.89. The molecule has 0 bridgehead atoms. The molecular weight excluding hydrogens is 276 g/mol. The number of nitrogens with one attached hydrogen (secondary N) is 1. The predicted molar refractivity (Wildman–Crippen MR) is 81.4 cm³/mol. The van der Waals surface area contributed by atoms with Crippen molar-refractivity contribution in [2.45, 2.75) is 38.5 Å². The van der Waals surface area contributed by atoms with Gasteiger partial charge in [-0.2, -0.15) is 11.8 Å². The van der Waals surface area contributed by atoms with Crippen molar-refractivity contribution in [3.8, 4) is 0 Å². The lowest BCUT2D eigenvalue weighted by molar-refractivity contribution is -0.132. The molecule has 3 atom stereocenters. The van der Waals surface area contributed by atoms with Crippen LogP contribution < -0.4 is 5.32 Å². The van der Waals surface area contributed by atoms with Gasteiger partial charge in [-0.05, 0) is 29.5 Å². The third kappa shape index (κ3) is 2.43. The molecule has 19 heavy (non-hydrogen) atoms. The van der Waals surface area contributed by atoms with Crippen LogP contribution in [0, 0.1) is 5.92 Å². The molecule has 2 fully saturated rings. The molecule has 0 saturated carbocycles. The Morgan fingerprint density at radius 2 is 2.32 bits per heavy atom. The molecule has 1 aromatic rings. The zero-order chi connectivity index (χ0) is 13.4. The Morgan fingerprint density at radius 3 is 2.89 bits per heavy atom. The van der Waals surface area contributed by atoms with E-state index in [2.05, 4.69) is 41.6 Å². The highest BCUT2D eigenvalue weighted by Crippen LogP contribution is 2.36. The fourth-order valence-electron chi connectivity index (χ4n) is 2.89. The van der Waals surface area contributed by atoms with Crippen LogP contribution >= 0.6 is 23.1 Å². The van der Waals surface area contributed by atoms with Crippen molar-refractivity contribution in [3.05, 3.63) is 22.4 Å². The van der Waals surface area contributed by atoms with Crippen molar-refractivity contribution in [2.75, 3.05) is 11.5 Å². The van der Waals surface area contributed by atoms with Gasteiger partial charge in [-0.15, -0.1) is 11.3 Å². The molecular formula is C14H20N2OS2. The van der Waals surface area contributed by atoms with Gasteiger partial charge in [0.05, 0.1) is 6.04 Å². The van der Waals surface area contributed by atoms with Crippen LogP contribution in [0.5, 0.6) is 0 Å². The highest BCUT2D eigenvalue weighted by Gasteiger charge is 2.45. The summed E-state index contributed by atoms with van der Waals surface area (Å²) in [4.78, 5) is 16.1. The van der Waals surface area contributed by atoms with Crippen LogP contribution in [0.3, 0.4) is 0 Å². The number of nitrogens with zero attached hydrogens (tertiary/aromatic N) is 1. The Bertz CT molecular complexity index is 440. The maximum Gasteiger partial charge on any atom is 0.241 e. The van der Waals surface area contributed by atoms with E-state index in [-0.39, 0.29) is 12.2 Å². The van der Waals surface area contributed by atoms with Crippen molar-refractivity contribution < 1.29 is 4.79 Å². The Morgan fingerprint density at radius 1 is 1.47 bits per heavy atom. The van der Waals surface area contributed by atoms with Crippen molar-refractivity contribution in [1.29, 1.82) is 0 Å². The number of carbonyl (C=O) groups is 1. The molecule has 0 spiro atoms. The molecule has 0 aromatic carbocycles. The lowest BCUT2D eigenvalue weighted by Gasteiger charge is -2.29. The molecule has 2 aliphatic rings. The third-order valence-electron chi connectivity index (χ3n) is 3.91. The molecule has 1 N–H and O–H groups in total. The van der Waals surface area contributed by atoms with Gasteiger partial charge in [0, 0.05) is 16.7 Å². The lowest BCUT2D eigenvalue weighted by Crippen LogP contribution is -2.40. The molecule has 3 heterocycles. The molecule has 1 amide bonds. The van der Waals surface area contributed by atoms with E-state index in [4.69, 9.17) is 0 Å². The van der Waals surface area contributed by atoms with Crippen molar-refractivity contribution in [3.63, 3.8) is 0 Å². The zero-order valence-corrected chi connectivity index (χ0v) is 13.0. The normalized spacial score (nSPS) is 31.6. The summed E-state index contributed by atoms with van der Waals surface area (Å²) in [6.07, 6.45) is 1.22. The van der Waals surface area contributed by atoms with Gasteiger partial charge in [-0.1, -0.05) is 19.9 Å². The zero-order valence-electron chi connectivity index (χ0n) is 11.3. The highest BCUT2D eigenvalue weighted by molar-refractivity contribution is 7.99. The maximum atomic E-state index is 12.7. The van der Waals surface area contributed by atoms with Crippen molar-refractivity contribution >= 4 is 29.0 Å². The highest BCUT2D eigenvalue weighted by atomic mass is 32.2. The SMILES string of the molecule is CC(C)C1NC(c2cccs2)N(C2CCSC2)C1=O. The number of thiophene rings is 1. The Kier molecular flexibility index (Phi) is 3.87. The molecule has 3 rings (SSSR count). The van der Waals surface area contributed by atoms with Crippen LogP contribution in [0.2, 0.25) is 0 Å². The Labute approximate surface area is 122 Å². The first-order valence-electron chi connectivity index (χ1n) is 6.88. The van der Waals surface area contributed by atoms with E-state index in [1.807, 2.05) is 11.8 Å². The van der Waals surface area contributed by atoms with Crippen LogP contribution in [0.25, 0.3) is 0 Å². The number of hydrogen-bond donors (Lipinski definition) is 1. The quantitative estimate of drug-likeness (QED) is 0.931. The second-order valence-electron chi connectivity index (χ2n) is 5.57. The van der Waals surface area contributed by atoms with Crippen LogP contribution in [0.1, 0.15) is 31.3 Å². The minimum Gasteiger partial charge on any atom is -0.317 e. The molecule has 1 aromatic heterocycles. The van der Waals surface area contributed by atoms with E-state index in [0.29, 0.717) is 17.9 Å². The van der Waals surface area contributed by atoms with Crippen LogP contribution in [0.15, 0.2) is 17.5 Å². The molecule has 5 heteroatoms. The summed E-state index contributed by atoms with van der Waals surface area (Å²) in [5.74, 6) is 2.90. The average molecular weight is 296 g/mol. The first-order chi connectivity index (χ1) is 9.18. The van der Waals surface area contributed by atoms with Crippen molar-refractivity contribution in [1.82, 2.24) is 10.2 Å². The smallest absolute Gasteiger partial charge is 0.241 e. The molecule has 0 radical (unpaired) electrons. The predicted octanol–water partition coefficient (Wildman–Crippen LogP) is 2.71. The summed E-state index contributed by atoms with van der Waals surface area (Å²) in [7, 11) is 0. The van der Waals surface area contributed by atoms with Crippen molar-refractivity contribution in [2.24, 2.45) is 5.92 Å². The van der Waals surface area contributed by atoms with E-state index >= 15 is 0 Å². The fourth-order valence-corrected chi connectivity index (χ4v) is 4.87. The van der Waals surface area contributed by atoms with Gasteiger partial charge >= 0.3 is 0 Å². The summed E-state index contributed by atoms with van der Waals surface area (Å²) >= 11 is 3.70. The monoisotopic (exact) mass is 296 g/mol. The first-order valence-corrected chi connectivity index (χ1v) is 8.91. The van der Waals surface area contributed by atoms with Gasteiger partial charge in [-0.3, -0.25) is 10.1 Å². The minimum atomic E-state index is -0.0299. The van der Waals surface area contributed by atoms with Gasteiger partial charge < -0.3 is 4.90 Å². The van der Waals surface area contributed by atoms with Gasteiger partial charge in [-0.25, -0.2) is 0 Å². The summed E-state index contributed by atoms with van der Waals surface area (Å²) in [6.45, 7) is 4.24. The van der Waals surface area contributed by atoms with E-state index in [1.165, 1.54) is 10.6 Å². The number of thioether (sulfide) groups is 1. The molecule has 3 nitrogen and oxygen atoms in total.